The molecule has 2 N–H and O–H groups in total. The molecule has 2 aromatic rings. The van der Waals surface area contributed by atoms with Gasteiger partial charge in [0.05, 0.1) is 0 Å². The first-order valence-corrected chi connectivity index (χ1v) is 7.79. The molecule has 0 bridgehead atoms. The fourth-order valence-electron chi connectivity index (χ4n) is 2.61. The standard InChI is InChI=1S/C21H20O4/c1-13-10-17(12-15(3)21(24)25)6-9-19(13)18-7-4-16(5-8-18)11-14(2)20(22)23/h4-10H,2-3,11-12H2,1H3,(H,22,23)(H,24,25). The highest BCUT2D eigenvalue weighted by Gasteiger charge is 2.09. The summed E-state index contributed by atoms with van der Waals surface area (Å²) in [6.07, 6.45) is 0.623. The Kier molecular flexibility index (Phi) is 5.55. The number of rotatable bonds is 7. The van der Waals surface area contributed by atoms with Gasteiger partial charge in [0, 0.05) is 24.0 Å². The van der Waals surface area contributed by atoms with Crippen LogP contribution >= 0.6 is 0 Å². The number of benzene rings is 2. The van der Waals surface area contributed by atoms with E-state index in [2.05, 4.69) is 13.2 Å². The molecule has 128 valence electrons. The second kappa shape index (κ2) is 7.62. The van der Waals surface area contributed by atoms with Crippen LogP contribution in [0.3, 0.4) is 0 Å². The van der Waals surface area contributed by atoms with Crippen molar-refractivity contribution in [2.75, 3.05) is 0 Å². The summed E-state index contributed by atoms with van der Waals surface area (Å²) >= 11 is 0. The maximum atomic E-state index is 10.9. The molecule has 0 heterocycles. The van der Waals surface area contributed by atoms with Crippen molar-refractivity contribution < 1.29 is 19.8 Å². The Balaban J connectivity index is 2.18. The second-order valence-corrected chi connectivity index (χ2v) is 6.02. The van der Waals surface area contributed by atoms with Crippen LogP contribution in [-0.4, -0.2) is 22.2 Å². The molecule has 0 aliphatic carbocycles. The average Bonchev–Trinajstić information content (AvgIpc) is 2.55. The highest BCUT2D eigenvalue weighted by molar-refractivity contribution is 5.86. The van der Waals surface area contributed by atoms with Crippen LogP contribution in [0.15, 0.2) is 66.8 Å². The van der Waals surface area contributed by atoms with Crippen molar-refractivity contribution in [3.63, 3.8) is 0 Å². The van der Waals surface area contributed by atoms with E-state index in [4.69, 9.17) is 10.2 Å². The molecule has 0 amide bonds. The molecule has 0 aliphatic rings. The summed E-state index contributed by atoms with van der Waals surface area (Å²) in [4.78, 5) is 21.7. The smallest absolute Gasteiger partial charge is 0.331 e. The monoisotopic (exact) mass is 336 g/mol. The van der Waals surface area contributed by atoms with Gasteiger partial charge in [0.2, 0.25) is 0 Å². The first kappa shape index (κ1) is 18.2. The third-order valence-corrected chi connectivity index (χ3v) is 4.00. The van der Waals surface area contributed by atoms with Crippen LogP contribution in [0.4, 0.5) is 0 Å². The predicted octanol–water partition coefficient (Wildman–Crippen LogP) is 4.03. The molecular weight excluding hydrogens is 316 g/mol. The maximum Gasteiger partial charge on any atom is 0.331 e. The molecule has 0 saturated heterocycles. The van der Waals surface area contributed by atoms with E-state index >= 15 is 0 Å². The summed E-state index contributed by atoms with van der Waals surface area (Å²) in [6, 6.07) is 13.5. The van der Waals surface area contributed by atoms with Gasteiger partial charge in [-0.05, 0) is 34.7 Å². The van der Waals surface area contributed by atoms with Crippen molar-refractivity contribution in [1.29, 1.82) is 0 Å². The number of carbonyl (C=O) groups is 2. The normalized spacial score (nSPS) is 10.3. The van der Waals surface area contributed by atoms with Crippen LogP contribution in [0.1, 0.15) is 16.7 Å². The largest absolute Gasteiger partial charge is 0.478 e. The lowest BCUT2D eigenvalue weighted by atomic mass is 9.95. The Morgan fingerprint density at radius 2 is 1.32 bits per heavy atom. The van der Waals surface area contributed by atoms with Gasteiger partial charge >= 0.3 is 11.9 Å². The zero-order chi connectivity index (χ0) is 18.6. The van der Waals surface area contributed by atoms with Gasteiger partial charge in [-0.3, -0.25) is 0 Å². The van der Waals surface area contributed by atoms with Crippen LogP contribution in [-0.2, 0) is 22.4 Å². The molecule has 0 aromatic heterocycles. The highest BCUT2D eigenvalue weighted by atomic mass is 16.4. The van der Waals surface area contributed by atoms with Gasteiger partial charge in [-0.25, -0.2) is 9.59 Å². The number of hydrogen-bond donors (Lipinski definition) is 2. The number of carboxylic acids is 2. The fraction of sp³-hybridized carbons (Fsp3) is 0.143. The van der Waals surface area contributed by atoms with E-state index < -0.39 is 11.9 Å². The van der Waals surface area contributed by atoms with Crippen LogP contribution in [0, 0.1) is 6.92 Å². The number of carboxylic acid groups (broad SMARTS) is 2. The SMILES string of the molecule is C=C(Cc1ccc(-c2ccc(CC(=C)C(=O)O)cc2C)cc1)C(=O)O. The number of aryl methyl sites for hydroxylation is 1. The molecule has 0 unspecified atom stereocenters. The summed E-state index contributed by atoms with van der Waals surface area (Å²) in [5.41, 5.74) is 5.23. The van der Waals surface area contributed by atoms with Crippen molar-refractivity contribution in [1.82, 2.24) is 0 Å². The van der Waals surface area contributed by atoms with Crippen LogP contribution in [0.2, 0.25) is 0 Å². The molecule has 2 rings (SSSR count). The third-order valence-electron chi connectivity index (χ3n) is 4.00. The van der Waals surface area contributed by atoms with E-state index in [1.165, 1.54) is 0 Å². The van der Waals surface area contributed by atoms with E-state index in [1.807, 2.05) is 49.4 Å². The van der Waals surface area contributed by atoms with Crippen molar-refractivity contribution in [3.8, 4) is 11.1 Å². The molecule has 0 atom stereocenters. The summed E-state index contributed by atoms with van der Waals surface area (Å²) in [5, 5.41) is 17.8. The third kappa shape index (κ3) is 4.67. The van der Waals surface area contributed by atoms with Gasteiger partial charge < -0.3 is 10.2 Å². The Morgan fingerprint density at radius 3 is 1.80 bits per heavy atom. The Hall–Kier alpha value is -3.14. The molecule has 0 radical (unpaired) electrons. The minimum absolute atomic E-state index is 0.159. The summed E-state index contributed by atoms with van der Waals surface area (Å²) in [7, 11) is 0. The molecule has 0 spiro atoms. The van der Waals surface area contributed by atoms with Crippen LogP contribution in [0.25, 0.3) is 11.1 Å². The molecule has 0 aliphatic heterocycles. The molecule has 25 heavy (non-hydrogen) atoms. The fourth-order valence-corrected chi connectivity index (χ4v) is 2.61. The highest BCUT2D eigenvalue weighted by Crippen LogP contribution is 2.26. The summed E-state index contributed by atoms with van der Waals surface area (Å²) in [6.45, 7) is 9.07. The van der Waals surface area contributed by atoms with Gasteiger partial charge in [-0.2, -0.15) is 0 Å². The minimum Gasteiger partial charge on any atom is -0.478 e. The maximum absolute atomic E-state index is 10.9. The number of aliphatic carboxylic acids is 2. The lowest BCUT2D eigenvalue weighted by molar-refractivity contribution is -0.133. The van der Waals surface area contributed by atoms with Crippen LogP contribution < -0.4 is 0 Å². The quantitative estimate of drug-likeness (QED) is 0.749. The Labute approximate surface area is 146 Å². The molecule has 4 nitrogen and oxygen atoms in total. The zero-order valence-corrected chi connectivity index (χ0v) is 14.1. The Morgan fingerprint density at radius 1 is 0.840 bits per heavy atom. The first-order chi connectivity index (χ1) is 11.8. The van der Waals surface area contributed by atoms with Gasteiger partial charge in [0.1, 0.15) is 0 Å². The molecule has 4 heteroatoms. The summed E-state index contributed by atoms with van der Waals surface area (Å²) in [5.74, 6) is -1.97. The molecule has 0 fully saturated rings. The topological polar surface area (TPSA) is 74.6 Å². The zero-order valence-electron chi connectivity index (χ0n) is 14.1. The van der Waals surface area contributed by atoms with Gasteiger partial charge in [-0.1, -0.05) is 55.6 Å². The van der Waals surface area contributed by atoms with E-state index in [0.29, 0.717) is 12.8 Å². The van der Waals surface area contributed by atoms with Gasteiger partial charge in [0.15, 0.2) is 0 Å². The van der Waals surface area contributed by atoms with E-state index in [9.17, 15) is 9.59 Å². The van der Waals surface area contributed by atoms with Crippen molar-refractivity contribution in [2.24, 2.45) is 0 Å². The predicted molar refractivity (Wildman–Crippen MR) is 97.6 cm³/mol. The number of hydrogen-bond acceptors (Lipinski definition) is 2. The lowest BCUT2D eigenvalue weighted by Gasteiger charge is -2.10. The lowest BCUT2D eigenvalue weighted by Crippen LogP contribution is -2.02. The van der Waals surface area contributed by atoms with Gasteiger partial charge in [-0.15, -0.1) is 0 Å². The van der Waals surface area contributed by atoms with Crippen molar-refractivity contribution in [3.05, 3.63) is 83.5 Å². The first-order valence-electron chi connectivity index (χ1n) is 7.79. The van der Waals surface area contributed by atoms with Crippen LogP contribution in [0.5, 0.6) is 0 Å². The van der Waals surface area contributed by atoms with E-state index in [1.54, 1.807) is 0 Å². The molecular formula is C21H20O4. The average molecular weight is 336 g/mol. The van der Waals surface area contributed by atoms with E-state index in [-0.39, 0.29) is 11.1 Å². The van der Waals surface area contributed by atoms with Crippen molar-refractivity contribution >= 4 is 11.9 Å². The molecule has 0 saturated carbocycles. The summed E-state index contributed by atoms with van der Waals surface area (Å²) < 4.78 is 0. The van der Waals surface area contributed by atoms with Gasteiger partial charge in [0.25, 0.3) is 0 Å². The second-order valence-electron chi connectivity index (χ2n) is 6.02. The van der Waals surface area contributed by atoms with E-state index in [0.717, 1.165) is 27.8 Å². The minimum atomic E-state index is -0.988. The Bertz CT molecular complexity index is 845. The molecule has 2 aromatic carbocycles. The van der Waals surface area contributed by atoms with Crippen molar-refractivity contribution in [2.45, 2.75) is 19.8 Å².